The first-order chi connectivity index (χ1) is 13.7. The third-order valence-corrected chi connectivity index (χ3v) is 5.17. The SMILES string of the molecule is N#Cc1ccc(-c2nc(C(=O)NC3(CO)CCOCC3)n3ccccc23)cc1. The normalized spacial score (nSPS) is 15.9. The summed E-state index contributed by atoms with van der Waals surface area (Å²) in [4.78, 5) is 17.6. The molecule has 4 rings (SSSR count). The standard InChI is InChI=1S/C21H20N4O3/c22-13-15-4-6-16(7-5-15)18-17-3-1-2-10-25(17)19(23-18)20(27)24-21(14-26)8-11-28-12-9-21/h1-7,10,26H,8-9,11-12,14H2,(H,24,27). The zero-order valence-electron chi connectivity index (χ0n) is 15.3. The monoisotopic (exact) mass is 376 g/mol. The summed E-state index contributed by atoms with van der Waals surface area (Å²) in [5, 5.41) is 21.8. The van der Waals surface area contributed by atoms with Crippen molar-refractivity contribution in [1.29, 1.82) is 5.26 Å². The predicted octanol–water partition coefficient (Wildman–Crippen LogP) is 2.14. The summed E-state index contributed by atoms with van der Waals surface area (Å²) in [6.45, 7) is 0.854. The molecule has 28 heavy (non-hydrogen) atoms. The maximum atomic E-state index is 13.0. The molecule has 0 radical (unpaired) electrons. The molecule has 2 N–H and O–H groups in total. The largest absolute Gasteiger partial charge is 0.394 e. The minimum atomic E-state index is -0.690. The molecule has 0 aliphatic carbocycles. The number of ether oxygens (including phenoxy) is 1. The number of nitrogens with one attached hydrogen (secondary N) is 1. The highest BCUT2D eigenvalue weighted by Crippen LogP contribution is 2.26. The highest BCUT2D eigenvalue weighted by atomic mass is 16.5. The molecule has 3 heterocycles. The number of fused-ring (bicyclic) bond motifs is 1. The molecule has 0 saturated carbocycles. The van der Waals surface area contributed by atoms with Gasteiger partial charge in [0.25, 0.3) is 5.91 Å². The maximum Gasteiger partial charge on any atom is 0.288 e. The summed E-state index contributed by atoms with van der Waals surface area (Å²) < 4.78 is 7.10. The lowest BCUT2D eigenvalue weighted by Crippen LogP contribution is -2.54. The topological polar surface area (TPSA) is 99.7 Å². The second-order valence-electron chi connectivity index (χ2n) is 6.93. The second kappa shape index (κ2) is 7.43. The molecule has 0 spiro atoms. The van der Waals surface area contributed by atoms with E-state index in [4.69, 9.17) is 10.00 Å². The number of hydrogen-bond donors (Lipinski definition) is 2. The van der Waals surface area contributed by atoms with E-state index >= 15 is 0 Å². The number of hydrogen-bond acceptors (Lipinski definition) is 5. The summed E-state index contributed by atoms with van der Waals surface area (Å²) in [5.74, 6) is -0.0775. The Hall–Kier alpha value is -3.21. The predicted molar refractivity (Wildman–Crippen MR) is 103 cm³/mol. The molecule has 1 amide bonds. The number of aliphatic hydroxyl groups excluding tert-OH is 1. The Morgan fingerprint density at radius 2 is 2.00 bits per heavy atom. The zero-order chi connectivity index (χ0) is 19.6. The Bertz CT molecular complexity index is 1040. The fourth-order valence-corrected chi connectivity index (χ4v) is 3.49. The molecule has 3 aromatic rings. The Balaban J connectivity index is 1.73. The summed E-state index contributed by atoms with van der Waals surface area (Å²) in [6.07, 6.45) is 2.90. The summed E-state index contributed by atoms with van der Waals surface area (Å²) in [5.41, 5.74) is 2.16. The number of nitriles is 1. The first kappa shape index (κ1) is 18.2. The van der Waals surface area contributed by atoms with Gasteiger partial charge in [-0.05, 0) is 37.1 Å². The van der Waals surface area contributed by atoms with E-state index in [-0.39, 0.29) is 18.3 Å². The van der Waals surface area contributed by atoms with Crippen LogP contribution >= 0.6 is 0 Å². The Labute approximate surface area is 162 Å². The fraction of sp³-hybridized carbons (Fsp3) is 0.286. The van der Waals surface area contributed by atoms with Gasteiger partial charge in [0.15, 0.2) is 0 Å². The van der Waals surface area contributed by atoms with Gasteiger partial charge in [-0.3, -0.25) is 9.20 Å². The van der Waals surface area contributed by atoms with Crippen LogP contribution in [0.25, 0.3) is 16.8 Å². The Kier molecular flexibility index (Phi) is 4.82. The minimum Gasteiger partial charge on any atom is -0.394 e. The van der Waals surface area contributed by atoms with Crippen molar-refractivity contribution in [1.82, 2.24) is 14.7 Å². The highest BCUT2D eigenvalue weighted by Gasteiger charge is 2.35. The van der Waals surface area contributed by atoms with Gasteiger partial charge in [0.05, 0.1) is 35.0 Å². The van der Waals surface area contributed by atoms with Crippen LogP contribution in [-0.4, -0.2) is 45.8 Å². The molecule has 142 valence electrons. The van der Waals surface area contributed by atoms with Crippen LogP contribution in [0.5, 0.6) is 0 Å². The number of amides is 1. The van der Waals surface area contributed by atoms with Crippen LogP contribution in [0, 0.1) is 11.3 Å². The lowest BCUT2D eigenvalue weighted by atomic mass is 9.91. The number of pyridine rings is 1. The van der Waals surface area contributed by atoms with E-state index < -0.39 is 5.54 Å². The van der Waals surface area contributed by atoms with Gasteiger partial charge in [-0.15, -0.1) is 0 Å². The molecule has 1 fully saturated rings. The van der Waals surface area contributed by atoms with Crippen LogP contribution in [0.1, 0.15) is 29.0 Å². The molecular weight excluding hydrogens is 356 g/mol. The van der Waals surface area contributed by atoms with Gasteiger partial charge in [0.2, 0.25) is 5.82 Å². The van der Waals surface area contributed by atoms with Crippen molar-refractivity contribution >= 4 is 11.4 Å². The van der Waals surface area contributed by atoms with Gasteiger partial charge in [-0.2, -0.15) is 5.26 Å². The van der Waals surface area contributed by atoms with Crippen molar-refractivity contribution in [2.75, 3.05) is 19.8 Å². The lowest BCUT2D eigenvalue weighted by Gasteiger charge is -2.36. The van der Waals surface area contributed by atoms with E-state index in [0.29, 0.717) is 37.3 Å². The van der Waals surface area contributed by atoms with E-state index in [1.54, 1.807) is 22.7 Å². The smallest absolute Gasteiger partial charge is 0.288 e. The number of imidazole rings is 1. The average molecular weight is 376 g/mol. The first-order valence-electron chi connectivity index (χ1n) is 9.14. The molecule has 7 nitrogen and oxygen atoms in total. The molecule has 1 aliphatic rings. The van der Waals surface area contributed by atoms with Gasteiger partial charge in [0.1, 0.15) is 0 Å². The van der Waals surface area contributed by atoms with Crippen molar-refractivity contribution in [2.24, 2.45) is 0 Å². The molecule has 1 aromatic carbocycles. The van der Waals surface area contributed by atoms with Crippen molar-refractivity contribution in [3.8, 4) is 17.3 Å². The van der Waals surface area contributed by atoms with E-state index in [1.165, 1.54) is 0 Å². The van der Waals surface area contributed by atoms with Crippen LogP contribution in [-0.2, 0) is 4.74 Å². The number of aromatic nitrogens is 2. The number of carbonyl (C=O) groups is 1. The maximum absolute atomic E-state index is 13.0. The van der Waals surface area contributed by atoms with Crippen LogP contribution in [0.4, 0.5) is 0 Å². The quantitative estimate of drug-likeness (QED) is 0.727. The molecule has 1 saturated heterocycles. The number of nitrogens with zero attached hydrogens (tertiary/aromatic N) is 3. The molecule has 0 atom stereocenters. The van der Waals surface area contributed by atoms with E-state index in [1.807, 2.05) is 30.3 Å². The average Bonchev–Trinajstić information content (AvgIpc) is 3.14. The Morgan fingerprint density at radius 3 is 2.68 bits per heavy atom. The first-order valence-corrected chi connectivity index (χ1v) is 9.14. The molecule has 7 heteroatoms. The van der Waals surface area contributed by atoms with Crippen molar-refractivity contribution in [3.63, 3.8) is 0 Å². The van der Waals surface area contributed by atoms with E-state index in [0.717, 1.165) is 11.1 Å². The molecule has 2 aromatic heterocycles. The van der Waals surface area contributed by atoms with Crippen molar-refractivity contribution in [3.05, 3.63) is 60.0 Å². The molecule has 0 unspecified atom stereocenters. The third kappa shape index (κ3) is 3.24. The van der Waals surface area contributed by atoms with Gasteiger partial charge in [-0.25, -0.2) is 4.98 Å². The van der Waals surface area contributed by atoms with E-state index in [9.17, 15) is 9.90 Å². The molecule has 0 bridgehead atoms. The van der Waals surface area contributed by atoms with Crippen LogP contribution in [0.15, 0.2) is 48.7 Å². The van der Waals surface area contributed by atoms with Gasteiger partial charge >= 0.3 is 0 Å². The number of aliphatic hydroxyl groups is 1. The van der Waals surface area contributed by atoms with Gasteiger partial charge in [-0.1, -0.05) is 18.2 Å². The molecular formula is C21H20N4O3. The number of rotatable bonds is 4. The van der Waals surface area contributed by atoms with Gasteiger partial charge < -0.3 is 15.2 Å². The van der Waals surface area contributed by atoms with Crippen LogP contribution in [0.2, 0.25) is 0 Å². The summed E-state index contributed by atoms with van der Waals surface area (Å²) >= 11 is 0. The van der Waals surface area contributed by atoms with Gasteiger partial charge in [0, 0.05) is 25.0 Å². The number of carbonyl (C=O) groups excluding carboxylic acids is 1. The molecule has 1 aliphatic heterocycles. The Morgan fingerprint density at radius 1 is 1.25 bits per heavy atom. The number of benzene rings is 1. The summed E-state index contributed by atoms with van der Waals surface area (Å²) in [6, 6.07) is 14.8. The summed E-state index contributed by atoms with van der Waals surface area (Å²) in [7, 11) is 0. The highest BCUT2D eigenvalue weighted by molar-refractivity contribution is 5.95. The van der Waals surface area contributed by atoms with Crippen molar-refractivity contribution < 1.29 is 14.6 Å². The second-order valence-corrected chi connectivity index (χ2v) is 6.93. The zero-order valence-corrected chi connectivity index (χ0v) is 15.3. The lowest BCUT2D eigenvalue weighted by molar-refractivity contribution is 0.0123. The fourth-order valence-electron chi connectivity index (χ4n) is 3.49. The van der Waals surface area contributed by atoms with Crippen molar-refractivity contribution in [2.45, 2.75) is 18.4 Å². The van der Waals surface area contributed by atoms with Crippen LogP contribution < -0.4 is 5.32 Å². The van der Waals surface area contributed by atoms with E-state index in [2.05, 4.69) is 16.4 Å². The van der Waals surface area contributed by atoms with Crippen LogP contribution in [0.3, 0.4) is 0 Å². The minimum absolute atomic E-state index is 0.145. The third-order valence-electron chi connectivity index (χ3n) is 5.17.